The van der Waals surface area contributed by atoms with Crippen LogP contribution in [-0.2, 0) is 4.79 Å². The number of rotatable bonds is 3. The fourth-order valence-corrected chi connectivity index (χ4v) is 5.52. The first-order valence-electron chi connectivity index (χ1n) is 9.62. The highest BCUT2D eigenvalue weighted by molar-refractivity contribution is 8.16. The minimum atomic E-state index is -0.409. The van der Waals surface area contributed by atoms with Gasteiger partial charge in [-0.1, -0.05) is 53.4 Å². The van der Waals surface area contributed by atoms with Gasteiger partial charge in [0.2, 0.25) is 4.96 Å². The summed E-state index contributed by atoms with van der Waals surface area (Å²) in [7, 11) is 0. The van der Waals surface area contributed by atoms with Crippen molar-refractivity contribution in [2.45, 2.75) is 25.7 Å². The van der Waals surface area contributed by atoms with Crippen LogP contribution in [0.1, 0.15) is 36.4 Å². The Morgan fingerprint density at radius 2 is 2.03 bits per heavy atom. The number of carbonyl (C=O) groups is 1. The highest BCUT2D eigenvalue weighted by Crippen LogP contribution is 2.43. The second-order valence-electron chi connectivity index (χ2n) is 7.44. The molecule has 0 radical (unpaired) electrons. The van der Waals surface area contributed by atoms with Crippen LogP contribution in [0.25, 0.3) is 22.3 Å². The maximum atomic E-state index is 12.8. The van der Waals surface area contributed by atoms with E-state index in [9.17, 15) is 4.79 Å². The second-order valence-corrected chi connectivity index (χ2v) is 9.26. The fourth-order valence-electron chi connectivity index (χ4n) is 3.59. The van der Waals surface area contributed by atoms with Gasteiger partial charge in [-0.15, -0.1) is 0 Å². The molecule has 3 aromatic rings. The molecule has 1 aromatic carbocycles. The van der Waals surface area contributed by atoms with Crippen LogP contribution in [0, 0.1) is 5.41 Å². The molecule has 2 aromatic heterocycles. The molecule has 1 amide bonds. The van der Waals surface area contributed by atoms with Gasteiger partial charge in [-0.05, 0) is 31.2 Å². The van der Waals surface area contributed by atoms with E-state index < -0.39 is 5.91 Å². The molecule has 1 N–H and O–H groups in total. The van der Waals surface area contributed by atoms with E-state index in [0.717, 1.165) is 39.8 Å². The van der Waals surface area contributed by atoms with Gasteiger partial charge in [0.05, 0.1) is 17.0 Å². The second kappa shape index (κ2) is 6.48. The number of aromatic nitrogens is 3. The van der Waals surface area contributed by atoms with E-state index >= 15 is 0 Å². The number of nitrogens with zero attached hydrogens (tertiary/aromatic N) is 5. The van der Waals surface area contributed by atoms with E-state index in [4.69, 9.17) is 15.5 Å². The lowest BCUT2D eigenvalue weighted by atomic mass is 10.1. The Kier molecular flexibility index (Phi) is 3.84. The molecule has 0 spiro atoms. The number of carbonyl (C=O) groups excluding carboxylic acids is 1. The molecule has 6 rings (SSSR count). The maximum Gasteiger partial charge on any atom is 0.283 e. The van der Waals surface area contributed by atoms with Gasteiger partial charge in [0, 0.05) is 17.2 Å². The molecule has 3 aliphatic rings. The summed E-state index contributed by atoms with van der Waals surface area (Å²) < 4.78 is 1.81. The maximum absolute atomic E-state index is 12.8. The van der Waals surface area contributed by atoms with Crippen LogP contribution in [0.2, 0.25) is 0 Å². The highest BCUT2D eigenvalue weighted by atomic mass is 32.2. The van der Waals surface area contributed by atoms with E-state index in [1.807, 2.05) is 47.2 Å². The lowest BCUT2D eigenvalue weighted by Gasteiger charge is -2.25. The smallest absolute Gasteiger partial charge is 0.283 e. The van der Waals surface area contributed by atoms with Crippen LogP contribution in [0.5, 0.6) is 0 Å². The van der Waals surface area contributed by atoms with Crippen LogP contribution < -0.4 is 0 Å². The highest BCUT2D eigenvalue weighted by Gasteiger charge is 2.35. The summed E-state index contributed by atoms with van der Waals surface area (Å²) in [5.41, 5.74) is 3.53. The van der Waals surface area contributed by atoms with Crippen LogP contribution >= 0.6 is 23.1 Å². The molecule has 1 fully saturated rings. The van der Waals surface area contributed by atoms with E-state index in [0.29, 0.717) is 16.8 Å². The number of imidazole rings is 1. The standard InChI is InChI=1S/C21H16N6OS2/c1-11-10-29-20-24-18(28)14(17(22)26(11)20)9-15-16(12-5-3-2-4-6-12)23-21-27(15)25-19(30-21)13-7-8-13/h2-6,9-10,13,22H,7-8H2,1H3/b14-9-,22-17?. The van der Waals surface area contributed by atoms with Crippen molar-refractivity contribution in [2.24, 2.45) is 4.99 Å². The Balaban J connectivity index is 1.55. The quantitative estimate of drug-likeness (QED) is 0.616. The number of thioether (sulfide) groups is 1. The minimum Gasteiger partial charge on any atom is -0.283 e. The van der Waals surface area contributed by atoms with Gasteiger partial charge in [0.25, 0.3) is 5.91 Å². The molecule has 4 heterocycles. The van der Waals surface area contributed by atoms with E-state index in [2.05, 4.69) is 4.99 Å². The number of amidine groups is 2. The van der Waals surface area contributed by atoms with Crippen LogP contribution in [0.3, 0.4) is 0 Å². The summed E-state index contributed by atoms with van der Waals surface area (Å²) in [6.07, 6.45) is 4.05. The van der Waals surface area contributed by atoms with Gasteiger partial charge >= 0.3 is 0 Å². The summed E-state index contributed by atoms with van der Waals surface area (Å²) >= 11 is 2.96. The number of benzene rings is 1. The van der Waals surface area contributed by atoms with Crippen LogP contribution in [0.15, 0.2) is 52.0 Å². The predicted molar refractivity (Wildman–Crippen MR) is 120 cm³/mol. The third kappa shape index (κ3) is 2.69. The molecule has 0 saturated heterocycles. The summed E-state index contributed by atoms with van der Waals surface area (Å²) in [4.78, 5) is 24.3. The van der Waals surface area contributed by atoms with Gasteiger partial charge in [-0.25, -0.2) is 9.50 Å². The lowest BCUT2D eigenvalue weighted by Crippen LogP contribution is -2.37. The van der Waals surface area contributed by atoms with Gasteiger partial charge in [0.1, 0.15) is 10.8 Å². The summed E-state index contributed by atoms with van der Waals surface area (Å²) in [5, 5.41) is 17.0. The molecule has 0 atom stereocenters. The molecule has 2 aliphatic heterocycles. The molecule has 1 saturated carbocycles. The Bertz CT molecular complexity index is 1330. The minimum absolute atomic E-state index is 0.135. The monoisotopic (exact) mass is 432 g/mol. The van der Waals surface area contributed by atoms with E-state index in [-0.39, 0.29) is 11.4 Å². The van der Waals surface area contributed by atoms with Crippen molar-refractivity contribution >= 4 is 51.0 Å². The zero-order chi connectivity index (χ0) is 20.4. The molecule has 0 bridgehead atoms. The van der Waals surface area contributed by atoms with Gasteiger partial charge in [0.15, 0.2) is 5.17 Å². The van der Waals surface area contributed by atoms with Crippen molar-refractivity contribution in [2.75, 3.05) is 0 Å². The van der Waals surface area contributed by atoms with Crippen molar-refractivity contribution in [1.82, 2.24) is 19.5 Å². The Labute approximate surface area is 180 Å². The Morgan fingerprint density at radius 1 is 1.23 bits per heavy atom. The Morgan fingerprint density at radius 3 is 2.80 bits per heavy atom. The molecule has 1 aliphatic carbocycles. The number of amides is 1. The number of fused-ring (bicyclic) bond motifs is 2. The first kappa shape index (κ1) is 17.8. The van der Waals surface area contributed by atoms with Crippen molar-refractivity contribution in [3.63, 3.8) is 0 Å². The SMILES string of the molecule is CC1=CSC2=NC(=O)/C(=C\c3c(-c4ccccc4)nc4sc(C5CC5)nn34)C(=N)N12. The normalized spacial score (nSPS) is 20.2. The van der Waals surface area contributed by atoms with Gasteiger partial charge < -0.3 is 0 Å². The number of hydrogen-bond acceptors (Lipinski definition) is 6. The van der Waals surface area contributed by atoms with Crippen LogP contribution in [-0.4, -0.2) is 36.4 Å². The number of nitrogens with one attached hydrogen (secondary N) is 1. The number of aliphatic imine (C=N–C) groups is 1. The number of hydrogen-bond donors (Lipinski definition) is 1. The zero-order valence-corrected chi connectivity index (χ0v) is 17.6. The van der Waals surface area contributed by atoms with Crippen LogP contribution in [0.4, 0.5) is 0 Å². The fraction of sp³-hybridized carbons (Fsp3) is 0.190. The summed E-state index contributed by atoms with van der Waals surface area (Å²) in [6, 6.07) is 9.86. The molecular formula is C21H16N6OS2. The molecule has 7 nitrogen and oxygen atoms in total. The summed E-state index contributed by atoms with van der Waals surface area (Å²) in [5.74, 6) is 0.248. The molecule has 9 heteroatoms. The third-order valence-corrected chi connectivity index (χ3v) is 7.31. The first-order chi connectivity index (χ1) is 14.6. The van der Waals surface area contributed by atoms with Crippen molar-refractivity contribution in [1.29, 1.82) is 5.41 Å². The lowest BCUT2D eigenvalue weighted by molar-refractivity contribution is -0.114. The predicted octanol–water partition coefficient (Wildman–Crippen LogP) is 4.50. The van der Waals surface area contributed by atoms with E-state index in [1.54, 1.807) is 22.3 Å². The Hall–Kier alpha value is -3.04. The molecule has 148 valence electrons. The zero-order valence-electron chi connectivity index (χ0n) is 16.0. The first-order valence-corrected chi connectivity index (χ1v) is 11.3. The average molecular weight is 433 g/mol. The summed E-state index contributed by atoms with van der Waals surface area (Å²) in [6.45, 7) is 1.91. The largest absolute Gasteiger partial charge is 0.283 e. The topological polar surface area (TPSA) is 86.7 Å². The molecular weight excluding hydrogens is 416 g/mol. The molecule has 0 unspecified atom stereocenters. The van der Waals surface area contributed by atoms with Gasteiger partial charge in [-0.2, -0.15) is 10.1 Å². The number of allylic oxidation sites excluding steroid dienone is 1. The molecule has 30 heavy (non-hydrogen) atoms. The van der Waals surface area contributed by atoms with Crippen molar-refractivity contribution in [3.8, 4) is 11.3 Å². The average Bonchev–Trinajstić information content (AvgIpc) is 3.28. The van der Waals surface area contributed by atoms with E-state index in [1.165, 1.54) is 11.8 Å². The van der Waals surface area contributed by atoms with Crippen molar-refractivity contribution < 1.29 is 4.79 Å². The third-order valence-electron chi connectivity index (χ3n) is 5.29. The van der Waals surface area contributed by atoms with Gasteiger partial charge in [-0.3, -0.25) is 15.1 Å². The van der Waals surface area contributed by atoms with Crippen molar-refractivity contribution in [3.05, 3.63) is 57.7 Å².